The summed E-state index contributed by atoms with van der Waals surface area (Å²) in [5, 5.41) is 5.64. The van der Waals surface area contributed by atoms with Gasteiger partial charge in [-0.15, -0.1) is 0 Å². The molecule has 3 aromatic rings. The molecule has 2 amide bonds. The molecule has 0 bridgehead atoms. The van der Waals surface area contributed by atoms with Gasteiger partial charge in [0.2, 0.25) is 0 Å². The summed E-state index contributed by atoms with van der Waals surface area (Å²) >= 11 is 0. The van der Waals surface area contributed by atoms with Gasteiger partial charge in [0.25, 0.3) is 0 Å². The van der Waals surface area contributed by atoms with Crippen LogP contribution in [0.3, 0.4) is 0 Å². The van der Waals surface area contributed by atoms with Crippen LogP contribution in [0.15, 0.2) is 36.4 Å². The highest BCUT2D eigenvalue weighted by Crippen LogP contribution is 2.36. The number of rotatable bonds is 3. The number of anilines is 1. The second-order valence-corrected chi connectivity index (χ2v) is 8.40. The summed E-state index contributed by atoms with van der Waals surface area (Å²) < 4.78 is 2.38. The third-order valence-electron chi connectivity index (χ3n) is 6.07. The van der Waals surface area contributed by atoms with E-state index in [9.17, 15) is 4.79 Å². The first kappa shape index (κ1) is 18.8. The second-order valence-electron chi connectivity index (χ2n) is 8.40. The Bertz CT molecular complexity index is 1030. The van der Waals surface area contributed by atoms with Crippen LogP contribution in [0.2, 0.25) is 0 Å². The van der Waals surface area contributed by atoms with Crippen molar-refractivity contribution in [1.82, 2.24) is 14.4 Å². The lowest BCUT2D eigenvalue weighted by atomic mass is 10.1. The van der Waals surface area contributed by atoms with E-state index in [1.54, 1.807) is 0 Å². The quantitative estimate of drug-likeness (QED) is 0.708. The number of para-hydroxylation sites is 1. The van der Waals surface area contributed by atoms with Crippen molar-refractivity contribution in [1.29, 1.82) is 0 Å². The van der Waals surface area contributed by atoms with Gasteiger partial charge in [0.1, 0.15) is 0 Å². The Hall–Kier alpha value is -2.53. The number of likely N-dealkylation sites (tertiary alicyclic amines) is 1. The lowest BCUT2D eigenvalue weighted by molar-refractivity contribution is 0.216. The normalized spacial score (nSPS) is 17.4. The van der Waals surface area contributed by atoms with Gasteiger partial charge in [-0.1, -0.05) is 18.2 Å². The number of nitrogens with zero attached hydrogens (tertiary/aromatic N) is 3. The maximum Gasteiger partial charge on any atom is 0.321 e. The second kappa shape index (κ2) is 7.13. The maximum atomic E-state index is 12.8. The van der Waals surface area contributed by atoms with E-state index >= 15 is 0 Å². The van der Waals surface area contributed by atoms with Crippen molar-refractivity contribution in [3.05, 3.63) is 42.0 Å². The van der Waals surface area contributed by atoms with Crippen molar-refractivity contribution in [3.63, 3.8) is 0 Å². The van der Waals surface area contributed by atoms with E-state index in [2.05, 4.69) is 80.0 Å². The fourth-order valence-electron chi connectivity index (χ4n) is 4.50. The van der Waals surface area contributed by atoms with Crippen molar-refractivity contribution >= 4 is 33.5 Å². The predicted molar refractivity (Wildman–Crippen MR) is 117 cm³/mol. The molecule has 0 radical (unpaired) electrons. The van der Waals surface area contributed by atoms with Crippen LogP contribution < -0.4 is 5.32 Å². The monoisotopic (exact) mass is 378 g/mol. The first-order chi connectivity index (χ1) is 13.4. The SMILES string of the molecule is Cc1c(NC(=O)N2CCC(N(C)C)C2)ccc2c1c1ccccc1n2C(C)C. The van der Waals surface area contributed by atoms with Crippen LogP contribution in [-0.4, -0.2) is 53.6 Å². The number of benzene rings is 2. The van der Waals surface area contributed by atoms with Crippen LogP contribution in [0, 0.1) is 6.92 Å². The van der Waals surface area contributed by atoms with E-state index in [0.717, 1.165) is 30.8 Å². The molecule has 148 valence electrons. The fourth-order valence-corrected chi connectivity index (χ4v) is 4.50. The number of hydrogen-bond acceptors (Lipinski definition) is 2. The van der Waals surface area contributed by atoms with Gasteiger partial charge in [-0.25, -0.2) is 4.79 Å². The standard InChI is InChI=1S/C23H30N4O/c1-15(2)27-20-9-7-6-8-18(20)22-16(3)19(10-11-21(22)27)24-23(28)26-13-12-17(14-26)25(4)5/h6-11,15,17H,12-14H2,1-5H3,(H,24,28). The Labute approximate surface area is 166 Å². The minimum Gasteiger partial charge on any atom is -0.338 e. The Morgan fingerprint density at radius 2 is 1.89 bits per heavy atom. The van der Waals surface area contributed by atoms with Crippen molar-refractivity contribution in [2.75, 3.05) is 32.5 Å². The molecule has 1 saturated heterocycles. The van der Waals surface area contributed by atoms with Gasteiger partial charge in [0.05, 0.1) is 0 Å². The molecule has 1 atom stereocenters. The van der Waals surface area contributed by atoms with Gasteiger partial charge in [-0.05, 0) is 65.0 Å². The molecule has 28 heavy (non-hydrogen) atoms. The third kappa shape index (κ3) is 3.04. The Kier molecular flexibility index (Phi) is 4.79. The van der Waals surface area contributed by atoms with Crippen LogP contribution in [0.25, 0.3) is 21.8 Å². The van der Waals surface area contributed by atoms with Crippen LogP contribution in [0.4, 0.5) is 10.5 Å². The number of likely N-dealkylation sites (N-methyl/N-ethyl adjacent to an activating group) is 1. The summed E-state index contributed by atoms with van der Waals surface area (Å²) in [6.45, 7) is 8.13. The highest BCUT2D eigenvalue weighted by molar-refractivity contribution is 6.12. The summed E-state index contributed by atoms with van der Waals surface area (Å²) in [6, 6.07) is 13.5. The van der Waals surface area contributed by atoms with Gasteiger partial charge in [0.15, 0.2) is 0 Å². The zero-order chi connectivity index (χ0) is 20.0. The van der Waals surface area contributed by atoms with Gasteiger partial charge in [0, 0.05) is 52.7 Å². The Morgan fingerprint density at radius 1 is 1.14 bits per heavy atom. The van der Waals surface area contributed by atoms with E-state index in [4.69, 9.17) is 0 Å². The first-order valence-electron chi connectivity index (χ1n) is 10.1. The first-order valence-corrected chi connectivity index (χ1v) is 10.1. The third-order valence-corrected chi connectivity index (χ3v) is 6.07. The molecule has 2 heterocycles. The van der Waals surface area contributed by atoms with Crippen molar-refractivity contribution in [3.8, 4) is 0 Å². The number of urea groups is 1. The number of hydrogen-bond donors (Lipinski definition) is 1. The molecule has 4 rings (SSSR count). The highest BCUT2D eigenvalue weighted by atomic mass is 16.2. The van der Waals surface area contributed by atoms with Gasteiger partial charge in [-0.2, -0.15) is 0 Å². The molecule has 1 N–H and O–H groups in total. The topological polar surface area (TPSA) is 40.5 Å². The van der Waals surface area contributed by atoms with E-state index in [1.165, 1.54) is 21.8 Å². The molecule has 0 aliphatic carbocycles. The molecule has 1 aliphatic heterocycles. The van der Waals surface area contributed by atoms with Gasteiger partial charge < -0.3 is 19.7 Å². The smallest absolute Gasteiger partial charge is 0.321 e. The molecule has 0 spiro atoms. The zero-order valence-electron chi connectivity index (χ0n) is 17.5. The minimum absolute atomic E-state index is 0.000558. The molecule has 1 aromatic heterocycles. The molecule has 5 heteroatoms. The van der Waals surface area contributed by atoms with Gasteiger partial charge in [-0.3, -0.25) is 0 Å². The fraction of sp³-hybridized carbons (Fsp3) is 0.435. The molecule has 1 unspecified atom stereocenters. The summed E-state index contributed by atoms with van der Waals surface area (Å²) in [4.78, 5) is 17.0. The Morgan fingerprint density at radius 3 is 2.57 bits per heavy atom. The average Bonchev–Trinajstić information content (AvgIpc) is 3.27. The molecule has 0 saturated carbocycles. The summed E-state index contributed by atoms with van der Waals surface area (Å²) in [6.07, 6.45) is 1.03. The maximum absolute atomic E-state index is 12.8. The molecule has 5 nitrogen and oxygen atoms in total. The van der Waals surface area contributed by atoms with E-state index < -0.39 is 0 Å². The molecular weight excluding hydrogens is 348 g/mol. The predicted octanol–water partition coefficient (Wildman–Crippen LogP) is 4.85. The lowest BCUT2D eigenvalue weighted by Crippen LogP contribution is -2.36. The number of amides is 2. The minimum atomic E-state index is -0.000558. The number of nitrogens with one attached hydrogen (secondary N) is 1. The molecule has 2 aromatic carbocycles. The van der Waals surface area contributed by atoms with E-state index in [-0.39, 0.29) is 6.03 Å². The number of aryl methyl sites for hydroxylation is 1. The lowest BCUT2D eigenvalue weighted by Gasteiger charge is -2.21. The van der Waals surface area contributed by atoms with Crippen molar-refractivity contribution in [2.45, 2.75) is 39.3 Å². The summed E-state index contributed by atoms with van der Waals surface area (Å²) in [7, 11) is 4.16. The van der Waals surface area contributed by atoms with Gasteiger partial charge >= 0.3 is 6.03 Å². The average molecular weight is 379 g/mol. The molecular formula is C23H30N4O. The van der Waals surface area contributed by atoms with Crippen molar-refractivity contribution in [2.24, 2.45) is 0 Å². The number of fused-ring (bicyclic) bond motifs is 3. The van der Waals surface area contributed by atoms with Crippen LogP contribution >= 0.6 is 0 Å². The number of aromatic nitrogens is 1. The summed E-state index contributed by atoms with van der Waals surface area (Å²) in [5.41, 5.74) is 4.50. The highest BCUT2D eigenvalue weighted by Gasteiger charge is 2.28. The molecule has 1 fully saturated rings. The van der Waals surface area contributed by atoms with Crippen LogP contribution in [0.1, 0.15) is 31.9 Å². The van der Waals surface area contributed by atoms with E-state index in [1.807, 2.05) is 11.0 Å². The number of carbonyl (C=O) groups is 1. The summed E-state index contributed by atoms with van der Waals surface area (Å²) in [5.74, 6) is 0. The van der Waals surface area contributed by atoms with E-state index in [0.29, 0.717) is 12.1 Å². The number of carbonyl (C=O) groups excluding carboxylic acids is 1. The zero-order valence-corrected chi connectivity index (χ0v) is 17.5. The van der Waals surface area contributed by atoms with Crippen molar-refractivity contribution < 1.29 is 4.79 Å². The van der Waals surface area contributed by atoms with Crippen LogP contribution in [0.5, 0.6) is 0 Å². The Balaban J connectivity index is 1.71. The van der Waals surface area contributed by atoms with Crippen LogP contribution in [-0.2, 0) is 0 Å². The largest absolute Gasteiger partial charge is 0.338 e. The molecule has 1 aliphatic rings.